The van der Waals surface area contributed by atoms with Gasteiger partial charge in [-0.1, -0.05) is 6.92 Å². The van der Waals surface area contributed by atoms with Gasteiger partial charge in [0.05, 0.1) is 6.61 Å². The topological polar surface area (TPSA) is 12.5 Å². The van der Waals surface area contributed by atoms with Gasteiger partial charge in [0.25, 0.3) is 0 Å². The Balaban J connectivity index is 4.04. The highest BCUT2D eigenvalue weighted by atomic mass is 31.2. The van der Waals surface area contributed by atoms with Crippen LogP contribution in [-0.4, -0.2) is 30.0 Å². The van der Waals surface area contributed by atoms with Crippen LogP contribution >= 0.6 is 8.30 Å². The van der Waals surface area contributed by atoms with Crippen LogP contribution < -0.4 is 0 Å². The molecule has 0 saturated carbocycles. The average Bonchev–Trinajstić information content (AvgIpc) is 1.99. The Bertz CT molecular complexity index is 120. The summed E-state index contributed by atoms with van der Waals surface area (Å²) in [6, 6.07) is 1.15. The molecule has 1 atom stereocenters. The highest BCUT2D eigenvalue weighted by Gasteiger charge is 2.20. The molecular formula is C10H24NOP. The molecule has 0 spiro atoms. The van der Waals surface area contributed by atoms with Gasteiger partial charge in [0.2, 0.25) is 0 Å². The van der Waals surface area contributed by atoms with Gasteiger partial charge < -0.3 is 4.52 Å². The van der Waals surface area contributed by atoms with Gasteiger partial charge in [-0.05, 0) is 40.8 Å². The van der Waals surface area contributed by atoms with E-state index in [2.05, 4.69) is 46.0 Å². The summed E-state index contributed by atoms with van der Waals surface area (Å²) in [5, 5.41) is 0. The Morgan fingerprint density at radius 3 is 1.92 bits per heavy atom. The second kappa shape index (κ2) is 6.75. The summed E-state index contributed by atoms with van der Waals surface area (Å²) in [4.78, 5) is 0. The van der Waals surface area contributed by atoms with Crippen molar-refractivity contribution in [3.63, 3.8) is 0 Å². The number of rotatable bonds is 6. The predicted molar refractivity (Wildman–Crippen MR) is 61.2 cm³/mol. The maximum Gasteiger partial charge on any atom is 0.101 e. The standard InChI is InChI=1S/C10H24NOP/c1-7-8-12-13(6)11(9(2)3)10(4)5/h9-10H,7-8H2,1-6H3. The summed E-state index contributed by atoms with van der Waals surface area (Å²) in [6.45, 7) is 14.2. The molecule has 0 heterocycles. The van der Waals surface area contributed by atoms with Gasteiger partial charge in [0.1, 0.15) is 8.30 Å². The molecule has 0 bridgehead atoms. The lowest BCUT2D eigenvalue weighted by atomic mass is 10.3. The van der Waals surface area contributed by atoms with Gasteiger partial charge in [0, 0.05) is 12.1 Å². The largest absolute Gasteiger partial charge is 0.344 e. The van der Waals surface area contributed by atoms with Crippen LogP contribution in [0.4, 0.5) is 0 Å². The number of nitrogens with zero attached hydrogens (tertiary/aromatic N) is 1. The lowest BCUT2D eigenvalue weighted by Gasteiger charge is -2.35. The van der Waals surface area contributed by atoms with E-state index in [4.69, 9.17) is 4.52 Å². The molecule has 2 nitrogen and oxygen atoms in total. The van der Waals surface area contributed by atoms with E-state index < -0.39 is 8.30 Å². The van der Waals surface area contributed by atoms with Gasteiger partial charge in [-0.15, -0.1) is 0 Å². The van der Waals surface area contributed by atoms with E-state index in [1.54, 1.807) is 0 Å². The molecule has 0 radical (unpaired) electrons. The van der Waals surface area contributed by atoms with Crippen LogP contribution in [0.5, 0.6) is 0 Å². The zero-order valence-electron chi connectivity index (χ0n) is 9.87. The first kappa shape index (κ1) is 13.4. The van der Waals surface area contributed by atoms with Crippen molar-refractivity contribution in [2.75, 3.05) is 13.3 Å². The second-order valence-corrected chi connectivity index (χ2v) is 5.51. The quantitative estimate of drug-likeness (QED) is 0.615. The molecule has 0 aromatic carbocycles. The van der Waals surface area contributed by atoms with Crippen LogP contribution in [0, 0.1) is 0 Å². The van der Waals surface area contributed by atoms with E-state index in [1.165, 1.54) is 0 Å². The van der Waals surface area contributed by atoms with Crippen LogP contribution in [0.2, 0.25) is 0 Å². The Kier molecular flexibility index (Phi) is 6.93. The van der Waals surface area contributed by atoms with Crippen LogP contribution in [0.25, 0.3) is 0 Å². The van der Waals surface area contributed by atoms with Crippen LogP contribution in [0.3, 0.4) is 0 Å². The summed E-state index contributed by atoms with van der Waals surface area (Å²) >= 11 is 0. The minimum absolute atomic E-state index is 0.395. The van der Waals surface area contributed by atoms with Crippen LogP contribution in [0.1, 0.15) is 41.0 Å². The number of hydrogen-bond acceptors (Lipinski definition) is 2. The average molecular weight is 205 g/mol. The summed E-state index contributed by atoms with van der Waals surface area (Å²) in [5.41, 5.74) is 0. The van der Waals surface area contributed by atoms with Crippen molar-refractivity contribution in [1.82, 2.24) is 4.67 Å². The molecule has 1 unspecified atom stereocenters. The second-order valence-electron chi connectivity index (χ2n) is 3.86. The Morgan fingerprint density at radius 2 is 1.62 bits per heavy atom. The minimum atomic E-state index is -0.395. The molecule has 3 heteroatoms. The fourth-order valence-corrected chi connectivity index (χ4v) is 3.42. The molecule has 0 aromatic rings. The first-order valence-corrected chi connectivity index (χ1v) is 6.81. The van der Waals surface area contributed by atoms with Crippen LogP contribution in [-0.2, 0) is 4.52 Å². The third-order valence-corrected chi connectivity index (χ3v) is 4.00. The zero-order chi connectivity index (χ0) is 10.4. The monoisotopic (exact) mass is 205 g/mol. The van der Waals surface area contributed by atoms with Gasteiger partial charge >= 0.3 is 0 Å². The van der Waals surface area contributed by atoms with Crippen molar-refractivity contribution >= 4 is 8.30 Å². The van der Waals surface area contributed by atoms with E-state index in [0.29, 0.717) is 12.1 Å². The SMILES string of the molecule is CCCOP(C)N(C(C)C)C(C)C. The predicted octanol–water partition coefficient (Wildman–Crippen LogP) is 3.47. The third-order valence-electron chi connectivity index (χ3n) is 1.87. The summed E-state index contributed by atoms with van der Waals surface area (Å²) in [6.07, 6.45) is 1.11. The molecule has 0 amide bonds. The van der Waals surface area contributed by atoms with Crippen LogP contribution in [0.15, 0.2) is 0 Å². The zero-order valence-corrected chi connectivity index (χ0v) is 10.8. The molecule has 0 aliphatic carbocycles. The van der Waals surface area contributed by atoms with Crippen molar-refractivity contribution in [3.05, 3.63) is 0 Å². The Morgan fingerprint density at radius 1 is 1.15 bits per heavy atom. The Hall–Kier alpha value is 0.350. The van der Waals surface area contributed by atoms with E-state index >= 15 is 0 Å². The number of hydrogen-bond donors (Lipinski definition) is 0. The van der Waals surface area contributed by atoms with E-state index in [1.807, 2.05) is 0 Å². The molecule has 13 heavy (non-hydrogen) atoms. The molecule has 0 aromatic heterocycles. The maximum absolute atomic E-state index is 5.77. The fourth-order valence-electron chi connectivity index (χ4n) is 1.54. The summed E-state index contributed by atoms with van der Waals surface area (Å²) in [5.74, 6) is 0. The normalized spacial score (nSPS) is 14.5. The van der Waals surface area contributed by atoms with E-state index in [0.717, 1.165) is 13.0 Å². The van der Waals surface area contributed by atoms with E-state index in [-0.39, 0.29) is 0 Å². The van der Waals surface area contributed by atoms with Crippen molar-refractivity contribution < 1.29 is 4.52 Å². The molecular weight excluding hydrogens is 181 g/mol. The molecule has 0 aliphatic heterocycles. The lowest BCUT2D eigenvalue weighted by Crippen LogP contribution is -2.32. The highest BCUT2D eigenvalue weighted by molar-refractivity contribution is 7.49. The highest BCUT2D eigenvalue weighted by Crippen LogP contribution is 2.40. The summed E-state index contributed by atoms with van der Waals surface area (Å²) < 4.78 is 8.22. The van der Waals surface area contributed by atoms with Crippen molar-refractivity contribution in [3.8, 4) is 0 Å². The third kappa shape index (κ3) is 4.95. The van der Waals surface area contributed by atoms with Crippen molar-refractivity contribution in [1.29, 1.82) is 0 Å². The van der Waals surface area contributed by atoms with Gasteiger partial charge in [0.15, 0.2) is 0 Å². The van der Waals surface area contributed by atoms with Crippen molar-refractivity contribution in [2.24, 2.45) is 0 Å². The first-order valence-electron chi connectivity index (χ1n) is 5.15. The van der Waals surface area contributed by atoms with Gasteiger partial charge in [-0.25, -0.2) is 0 Å². The molecule has 0 aliphatic rings. The molecule has 0 saturated heterocycles. The summed E-state index contributed by atoms with van der Waals surface area (Å²) in [7, 11) is -0.395. The smallest absolute Gasteiger partial charge is 0.101 e. The molecule has 0 N–H and O–H groups in total. The molecule has 0 rings (SSSR count). The fraction of sp³-hybridized carbons (Fsp3) is 1.00. The Labute approximate surface area is 84.5 Å². The van der Waals surface area contributed by atoms with E-state index in [9.17, 15) is 0 Å². The first-order chi connectivity index (χ1) is 6.00. The molecule has 80 valence electrons. The van der Waals surface area contributed by atoms with Crippen molar-refractivity contribution in [2.45, 2.75) is 53.1 Å². The minimum Gasteiger partial charge on any atom is -0.344 e. The lowest BCUT2D eigenvalue weighted by molar-refractivity contribution is 0.256. The maximum atomic E-state index is 5.77. The van der Waals surface area contributed by atoms with Gasteiger partial charge in [-0.2, -0.15) is 0 Å². The van der Waals surface area contributed by atoms with Gasteiger partial charge in [-0.3, -0.25) is 4.67 Å². The molecule has 0 fully saturated rings.